The number of carbonyl (C=O) groups excluding carboxylic acids is 1. The number of phenolic OH excluding ortho intramolecular Hbond substituents is 1. The lowest BCUT2D eigenvalue weighted by molar-refractivity contribution is 0.0943. The molecule has 1 aromatic heterocycles. The van der Waals surface area contributed by atoms with Crippen LogP contribution in [-0.4, -0.2) is 28.1 Å². The van der Waals surface area contributed by atoms with Crippen molar-refractivity contribution in [2.24, 2.45) is 0 Å². The SMILES string of the molecule is O=C(c1cc(Br)c(O)c(Br)c1)N1CC2(CC2)Oc2ccncc21. The van der Waals surface area contributed by atoms with Gasteiger partial charge in [-0.2, -0.15) is 0 Å². The van der Waals surface area contributed by atoms with Crippen molar-refractivity contribution in [1.82, 2.24) is 4.98 Å². The van der Waals surface area contributed by atoms with Gasteiger partial charge in [-0.05, 0) is 56.8 Å². The maximum Gasteiger partial charge on any atom is 0.258 e. The molecule has 2 heterocycles. The summed E-state index contributed by atoms with van der Waals surface area (Å²) in [4.78, 5) is 18.8. The quantitative estimate of drug-likeness (QED) is 0.732. The summed E-state index contributed by atoms with van der Waals surface area (Å²) in [6.45, 7) is 0.515. The molecule has 1 aliphatic carbocycles. The Morgan fingerprint density at radius 2 is 2.00 bits per heavy atom. The van der Waals surface area contributed by atoms with Crippen LogP contribution in [-0.2, 0) is 0 Å². The Kier molecular flexibility index (Phi) is 3.39. The maximum absolute atomic E-state index is 13.0. The fourth-order valence-corrected chi connectivity index (χ4v) is 3.91. The van der Waals surface area contributed by atoms with Crippen molar-refractivity contribution in [3.63, 3.8) is 0 Å². The molecule has 7 heteroatoms. The molecule has 1 saturated carbocycles. The van der Waals surface area contributed by atoms with Crippen LogP contribution in [0, 0.1) is 0 Å². The van der Waals surface area contributed by atoms with E-state index in [1.54, 1.807) is 35.5 Å². The number of hydrogen-bond acceptors (Lipinski definition) is 4. The standard InChI is InChI=1S/C16H12Br2N2O3/c17-10-5-9(6-11(18)14(10)21)15(22)20-8-16(2-3-16)23-13-1-4-19-7-12(13)20/h1,4-7,21H,2-3,8H2. The van der Waals surface area contributed by atoms with E-state index in [1.807, 2.05) is 0 Å². The molecule has 1 aliphatic heterocycles. The molecule has 2 aromatic rings. The van der Waals surface area contributed by atoms with E-state index in [0.29, 0.717) is 32.5 Å². The Balaban J connectivity index is 1.76. The Bertz CT molecular complexity index is 798. The minimum absolute atomic E-state index is 0.0734. The van der Waals surface area contributed by atoms with Crippen LogP contribution in [0.15, 0.2) is 39.5 Å². The Morgan fingerprint density at radius 3 is 2.65 bits per heavy atom. The molecular formula is C16H12Br2N2O3. The second-order valence-corrected chi connectivity index (χ2v) is 7.52. The van der Waals surface area contributed by atoms with E-state index in [4.69, 9.17) is 4.74 Å². The third kappa shape index (κ3) is 2.52. The van der Waals surface area contributed by atoms with Gasteiger partial charge in [0.25, 0.3) is 5.91 Å². The fraction of sp³-hybridized carbons (Fsp3) is 0.250. The average molecular weight is 440 g/mol. The first-order valence-corrected chi connectivity index (χ1v) is 8.71. The van der Waals surface area contributed by atoms with E-state index in [9.17, 15) is 9.90 Å². The predicted molar refractivity (Wildman–Crippen MR) is 92.0 cm³/mol. The topological polar surface area (TPSA) is 62.7 Å². The molecule has 1 amide bonds. The molecule has 1 aromatic carbocycles. The number of ether oxygens (including phenoxy) is 1. The maximum atomic E-state index is 13.0. The number of hydrogen-bond donors (Lipinski definition) is 1. The zero-order valence-electron chi connectivity index (χ0n) is 11.9. The first-order chi connectivity index (χ1) is 11.0. The lowest BCUT2D eigenvalue weighted by atomic mass is 10.1. The third-order valence-corrected chi connectivity index (χ3v) is 5.35. The van der Waals surface area contributed by atoms with Crippen LogP contribution >= 0.6 is 31.9 Å². The van der Waals surface area contributed by atoms with Crippen molar-refractivity contribution in [2.45, 2.75) is 18.4 Å². The third-order valence-electron chi connectivity index (χ3n) is 4.14. The molecule has 1 N–H and O–H groups in total. The Labute approximate surface area is 149 Å². The van der Waals surface area contributed by atoms with Crippen LogP contribution in [0.4, 0.5) is 5.69 Å². The van der Waals surface area contributed by atoms with Crippen molar-refractivity contribution in [1.29, 1.82) is 0 Å². The molecule has 23 heavy (non-hydrogen) atoms. The summed E-state index contributed by atoms with van der Waals surface area (Å²) in [7, 11) is 0. The summed E-state index contributed by atoms with van der Waals surface area (Å²) in [5.74, 6) is 0.619. The van der Waals surface area contributed by atoms with Gasteiger partial charge in [0.2, 0.25) is 0 Å². The Hall–Kier alpha value is -1.60. The highest BCUT2D eigenvalue weighted by atomic mass is 79.9. The van der Waals surface area contributed by atoms with Crippen LogP contribution in [0.3, 0.4) is 0 Å². The summed E-state index contributed by atoms with van der Waals surface area (Å²) >= 11 is 6.54. The second kappa shape index (κ2) is 5.21. The number of anilines is 1. The smallest absolute Gasteiger partial charge is 0.258 e. The van der Waals surface area contributed by atoms with Crippen LogP contribution in [0.25, 0.3) is 0 Å². The van der Waals surface area contributed by atoms with Crippen LogP contribution in [0.5, 0.6) is 11.5 Å². The molecular weight excluding hydrogens is 428 g/mol. The highest BCUT2D eigenvalue weighted by molar-refractivity contribution is 9.11. The number of aromatic nitrogens is 1. The van der Waals surface area contributed by atoms with Gasteiger partial charge in [0.15, 0.2) is 0 Å². The van der Waals surface area contributed by atoms with Gasteiger partial charge in [-0.1, -0.05) is 0 Å². The first-order valence-electron chi connectivity index (χ1n) is 7.12. The fourth-order valence-electron chi connectivity index (χ4n) is 2.73. The number of amides is 1. The van der Waals surface area contributed by atoms with Crippen LogP contribution in [0.1, 0.15) is 23.2 Å². The highest BCUT2D eigenvalue weighted by Crippen LogP contribution is 2.48. The predicted octanol–water partition coefficient (Wildman–Crippen LogP) is 3.88. The van der Waals surface area contributed by atoms with Crippen molar-refractivity contribution in [2.75, 3.05) is 11.4 Å². The summed E-state index contributed by atoms with van der Waals surface area (Å²) in [5.41, 5.74) is 0.902. The van der Waals surface area contributed by atoms with Crippen molar-refractivity contribution in [3.8, 4) is 11.5 Å². The van der Waals surface area contributed by atoms with E-state index in [-0.39, 0.29) is 17.3 Å². The first kappa shape index (κ1) is 15.0. The van der Waals surface area contributed by atoms with Gasteiger partial charge in [-0.25, -0.2) is 0 Å². The minimum Gasteiger partial charge on any atom is -0.506 e. The van der Waals surface area contributed by atoms with Gasteiger partial charge in [0, 0.05) is 17.8 Å². The Morgan fingerprint density at radius 1 is 1.30 bits per heavy atom. The second-order valence-electron chi connectivity index (χ2n) is 5.81. The molecule has 0 radical (unpaired) electrons. The number of pyridine rings is 1. The molecule has 2 aliphatic rings. The average Bonchev–Trinajstić information content (AvgIpc) is 3.29. The molecule has 1 spiro atoms. The number of benzene rings is 1. The van der Waals surface area contributed by atoms with Gasteiger partial charge in [0.1, 0.15) is 22.8 Å². The number of rotatable bonds is 1. The van der Waals surface area contributed by atoms with E-state index >= 15 is 0 Å². The summed E-state index contributed by atoms with van der Waals surface area (Å²) < 4.78 is 6.96. The number of nitrogens with zero attached hydrogens (tertiary/aromatic N) is 2. The molecule has 0 unspecified atom stereocenters. The van der Waals surface area contributed by atoms with Crippen LogP contribution < -0.4 is 9.64 Å². The number of carbonyl (C=O) groups is 1. The van der Waals surface area contributed by atoms with Crippen molar-refractivity contribution in [3.05, 3.63) is 45.1 Å². The minimum atomic E-state index is -0.255. The van der Waals surface area contributed by atoms with Gasteiger partial charge in [-0.15, -0.1) is 0 Å². The van der Waals surface area contributed by atoms with E-state index in [2.05, 4.69) is 36.8 Å². The lowest BCUT2D eigenvalue weighted by Crippen LogP contribution is -2.45. The molecule has 0 saturated heterocycles. The van der Waals surface area contributed by atoms with Gasteiger partial charge in [0.05, 0.1) is 21.7 Å². The lowest BCUT2D eigenvalue weighted by Gasteiger charge is -2.35. The summed E-state index contributed by atoms with van der Waals surface area (Å²) in [5, 5.41) is 9.83. The van der Waals surface area contributed by atoms with Crippen molar-refractivity contribution < 1.29 is 14.6 Å². The molecule has 0 atom stereocenters. The zero-order valence-corrected chi connectivity index (χ0v) is 15.1. The molecule has 4 rings (SSSR count). The zero-order chi connectivity index (χ0) is 16.2. The van der Waals surface area contributed by atoms with Gasteiger partial charge in [-0.3, -0.25) is 14.7 Å². The monoisotopic (exact) mass is 438 g/mol. The number of halogens is 2. The van der Waals surface area contributed by atoms with Crippen LogP contribution in [0.2, 0.25) is 0 Å². The van der Waals surface area contributed by atoms with E-state index in [0.717, 1.165) is 12.8 Å². The summed E-state index contributed by atoms with van der Waals surface area (Å²) in [6, 6.07) is 5.03. The van der Waals surface area contributed by atoms with Gasteiger partial charge < -0.3 is 9.84 Å². The molecule has 0 bridgehead atoms. The number of aromatic hydroxyl groups is 1. The van der Waals surface area contributed by atoms with Crippen molar-refractivity contribution >= 4 is 43.5 Å². The normalized spacial score (nSPS) is 17.6. The number of phenols is 1. The summed E-state index contributed by atoms with van der Waals surface area (Å²) in [6.07, 6.45) is 5.20. The van der Waals surface area contributed by atoms with Gasteiger partial charge >= 0.3 is 0 Å². The van der Waals surface area contributed by atoms with E-state index in [1.165, 1.54) is 0 Å². The molecule has 1 fully saturated rings. The molecule has 118 valence electrons. The molecule has 5 nitrogen and oxygen atoms in total. The van der Waals surface area contributed by atoms with E-state index < -0.39 is 0 Å². The largest absolute Gasteiger partial charge is 0.506 e. The number of fused-ring (bicyclic) bond motifs is 1. The highest BCUT2D eigenvalue weighted by Gasteiger charge is 2.51.